The standard InChI is InChI=1S/C38H41N3O3S/c1-4-11-29(12-5-1)25-42-34-23-40(21-32-19-20-41(22-32)33-17-10-18-36-37(33)39-28-45-36)24-35(43-26-30-13-6-2-7-14-30)38(34)44-27-31-15-8-3-9-16-31/h1-18,28,32,34-35,38H,19-27H2/t32-,34-,35-/m0/s1. The minimum absolute atomic E-state index is 0.121. The maximum absolute atomic E-state index is 6.71. The maximum Gasteiger partial charge on any atom is 0.113 e. The number of hydrogen-bond donors (Lipinski definition) is 0. The second-order valence-corrected chi connectivity index (χ2v) is 13.1. The van der Waals surface area contributed by atoms with Crippen LogP contribution in [0.4, 0.5) is 5.69 Å². The molecule has 45 heavy (non-hydrogen) atoms. The number of ether oxygens (including phenoxy) is 3. The minimum Gasteiger partial charge on any atom is -0.369 e. The van der Waals surface area contributed by atoms with Gasteiger partial charge < -0.3 is 19.1 Å². The number of aromatic nitrogens is 1. The van der Waals surface area contributed by atoms with Crippen LogP contribution in [0.2, 0.25) is 0 Å². The van der Waals surface area contributed by atoms with E-state index in [4.69, 9.17) is 14.2 Å². The van der Waals surface area contributed by atoms with E-state index in [0.29, 0.717) is 25.7 Å². The first kappa shape index (κ1) is 30.1. The highest BCUT2D eigenvalue weighted by Gasteiger charge is 2.40. The van der Waals surface area contributed by atoms with Gasteiger partial charge in [-0.2, -0.15) is 0 Å². The molecule has 0 unspecified atom stereocenters. The van der Waals surface area contributed by atoms with Gasteiger partial charge in [0.15, 0.2) is 0 Å². The Balaban J connectivity index is 1.08. The molecule has 2 aliphatic heterocycles. The van der Waals surface area contributed by atoms with Crippen LogP contribution in [0.15, 0.2) is 115 Å². The molecule has 7 rings (SSSR count). The molecule has 6 nitrogen and oxygen atoms in total. The average Bonchev–Trinajstić information content (AvgIpc) is 3.77. The molecule has 0 spiro atoms. The lowest BCUT2D eigenvalue weighted by Gasteiger charge is -2.44. The molecule has 0 saturated carbocycles. The van der Waals surface area contributed by atoms with E-state index in [9.17, 15) is 0 Å². The summed E-state index contributed by atoms with van der Waals surface area (Å²) in [6.07, 6.45) is 0.737. The minimum atomic E-state index is -0.184. The van der Waals surface area contributed by atoms with Crippen molar-refractivity contribution in [1.82, 2.24) is 9.88 Å². The van der Waals surface area contributed by atoms with Crippen molar-refractivity contribution in [2.75, 3.05) is 37.6 Å². The Kier molecular flexibility index (Phi) is 9.81. The quantitative estimate of drug-likeness (QED) is 0.147. The Morgan fingerprint density at radius 2 is 1.22 bits per heavy atom. The summed E-state index contributed by atoms with van der Waals surface area (Å²) in [7, 11) is 0. The number of para-hydroxylation sites is 1. The summed E-state index contributed by atoms with van der Waals surface area (Å²) in [6.45, 7) is 6.35. The molecule has 0 amide bonds. The van der Waals surface area contributed by atoms with Gasteiger partial charge in [0.25, 0.3) is 0 Å². The first-order chi connectivity index (χ1) is 22.3. The summed E-state index contributed by atoms with van der Waals surface area (Å²) in [5, 5.41) is 0. The van der Waals surface area contributed by atoms with Crippen LogP contribution in [0, 0.1) is 5.92 Å². The number of thiazole rings is 1. The summed E-state index contributed by atoms with van der Waals surface area (Å²) >= 11 is 1.71. The van der Waals surface area contributed by atoms with Gasteiger partial charge in [-0.05, 0) is 41.2 Å². The van der Waals surface area contributed by atoms with Gasteiger partial charge in [-0.15, -0.1) is 11.3 Å². The van der Waals surface area contributed by atoms with Crippen LogP contribution in [-0.2, 0) is 34.0 Å². The number of nitrogens with zero attached hydrogens (tertiary/aromatic N) is 3. The lowest BCUT2D eigenvalue weighted by molar-refractivity contribution is -0.185. The monoisotopic (exact) mass is 619 g/mol. The van der Waals surface area contributed by atoms with Gasteiger partial charge >= 0.3 is 0 Å². The van der Waals surface area contributed by atoms with E-state index in [2.05, 4.69) is 106 Å². The molecule has 5 aromatic rings. The van der Waals surface area contributed by atoms with Crippen LogP contribution >= 0.6 is 11.3 Å². The molecule has 3 heterocycles. The van der Waals surface area contributed by atoms with Crippen molar-refractivity contribution in [1.29, 1.82) is 0 Å². The average molecular weight is 620 g/mol. The largest absolute Gasteiger partial charge is 0.369 e. The summed E-state index contributed by atoms with van der Waals surface area (Å²) < 4.78 is 21.4. The number of rotatable bonds is 12. The lowest BCUT2D eigenvalue weighted by atomic mass is 9.98. The van der Waals surface area contributed by atoms with E-state index >= 15 is 0 Å². The third kappa shape index (κ3) is 7.63. The van der Waals surface area contributed by atoms with E-state index in [1.165, 1.54) is 21.5 Å². The van der Waals surface area contributed by atoms with Gasteiger partial charge in [0.05, 0.1) is 47.9 Å². The second-order valence-electron chi connectivity index (χ2n) is 12.2. The molecular weight excluding hydrogens is 579 g/mol. The van der Waals surface area contributed by atoms with Gasteiger partial charge in [-0.3, -0.25) is 4.90 Å². The van der Waals surface area contributed by atoms with Gasteiger partial charge in [-0.1, -0.05) is 97.1 Å². The number of fused-ring (bicyclic) bond motifs is 1. The fourth-order valence-corrected chi connectivity index (χ4v) is 7.40. The molecule has 3 atom stereocenters. The smallest absolute Gasteiger partial charge is 0.113 e. The fraction of sp³-hybridized carbons (Fsp3) is 0.342. The highest BCUT2D eigenvalue weighted by atomic mass is 32.1. The Hall–Kier alpha value is -3.59. The van der Waals surface area contributed by atoms with Gasteiger partial charge in [-0.25, -0.2) is 4.98 Å². The van der Waals surface area contributed by atoms with Crippen LogP contribution in [0.5, 0.6) is 0 Å². The first-order valence-electron chi connectivity index (χ1n) is 16.0. The first-order valence-corrected chi connectivity index (χ1v) is 16.9. The number of piperidine rings is 1. The summed E-state index contributed by atoms with van der Waals surface area (Å²) in [6, 6.07) is 37.8. The molecule has 1 aromatic heterocycles. The predicted octanol–water partition coefficient (Wildman–Crippen LogP) is 7.19. The SMILES string of the molecule is c1ccc(COC2[C@@H](OCc3ccccc3)CN(C[C@@H]3CCN(c4cccc5scnc45)C3)C[C@@H]2OCc2ccccc2)cc1. The predicted molar refractivity (Wildman–Crippen MR) is 181 cm³/mol. The zero-order valence-electron chi connectivity index (χ0n) is 25.6. The summed E-state index contributed by atoms with van der Waals surface area (Å²) in [4.78, 5) is 9.77. The van der Waals surface area contributed by atoms with Crippen molar-refractivity contribution in [3.8, 4) is 0 Å². The number of anilines is 1. The number of benzene rings is 4. The highest BCUT2D eigenvalue weighted by Crippen LogP contribution is 2.33. The van der Waals surface area contributed by atoms with Crippen molar-refractivity contribution < 1.29 is 14.2 Å². The molecule has 7 heteroatoms. The summed E-state index contributed by atoms with van der Waals surface area (Å²) in [5.41, 5.74) is 7.84. The Labute approximate surface area is 270 Å². The van der Waals surface area contributed by atoms with Crippen LogP contribution in [0.3, 0.4) is 0 Å². The second kappa shape index (κ2) is 14.7. The molecule has 0 aliphatic carbocycles. The van der Waals surface area contributed by atoms with Crippen molar-refractivity contribution in [2.24, 2.45) is 5.92 Å². The third-order valence-corrected chi connectivity index (χ3v) is 9.78. The number of hydrogen-bond acceptors (Lipinski definition) is 7. The molecule has 4 aromatic carbocycles. The lowest BCUT2D eigenvalue weighted by Crippen LogP contribution is -2.58. The fourth-order valence-electron chi connectivity index (χ4n) is 6.70. The van der Waals surface area contributed by atoms with Crippen LogP contribution in [0.1, 0.15) is 23.1 Å². The van der Waals surface area contributed by atoms with Gasteiger partial charge in [0.1, 0.15) is 11.6 Å². The van der Waals surface area contributed by atoms with Crippen LogP contribution < -0.4 is 4.90 Å². The molecule has 0 bridgehead atoms. The van der Waals surface area contributed by atoms with E-state index < -0.39 is 0 Å². The summed E-state index contributed by atoms with van der Waals surface area (Å²) in [5.74, 6) is 0.560. The Morgan fingerprint density at radius 1 is 0.644 bits per heavy atom. The normalized spacial score (nSPS) is 21.1. The van der Waals surface area contributed by atoms with Crippen LogP contribution in [0.25, 0.3) is 10.2 Å². The van der Waals surface area contributed by atoms with E-state index in [1.54, 1.807) is 11.3 Å². The molecule has 2 saturated heterocycles. The Bertz CT molecular complexity index is 1560. The number of likely N-dealkylation sites (tertiary alicyclic amines) is 1. The molecule has 2 fully saturated rings. The van der Waals surface area contributed by atoms with E-state index in [-0.39, 0.29) is 18.3 Å². The zero-order valence-corrected chi connectivity index (χ0v) is 26.4. The van der Waals surface area contributed by atoms with Crippen molar-refractivity contribution in [2.45, 2.75) is 44.6 Å². The van der Waals surface area contributed by atoms with Crippen molar-refractivity contribution in [3.63, 3.8) is 0 Å². The molecular formula is C38H41N3O3S. The van der Waals surface area contributed by atoms with Crippen LogP contribution in [-0.4, -0.2) is 60.9 Å². The third-order valence-electron chi connectivity index (χ3n) is 8.99. The van der Waals surface area contributed by atoms with Gasteiger partial charge in [0, 0.05) is 32.7 Å². The maximum atomic E-state index is 6.71. The molecule has 232 valence electrons. The van der Waals surface area contributed by atoms with Crippen molar-refractivity contribution >= 4 is 27.2 Å². The van der Waals surface area contributed by atoms with Gasteiger partial charge in [0.2, 0.25) is 0 Å². The van der Waals surface area contributed by atoms with Crippen molar-refractivity contribution in [3.05, 3.63) is 131 Å². The molecule has 0 N–H and O–H groups in total. The molecule has 0 radical (unpaired) electrons. The highest BCUT2D eigenvalue weighted by molar-refractivity contribution is 7.16. The molecule has 2 aliphatic rings. The zero-order chi connectivity index (χ0) is 30.3. The topological polar surface area (TPSA) is 47.1 Å². The van der Waals surface area contributed by atoms with E-state index in [1.807, 2.05) is 23.7 Å². The Morgan fingerprint density at radius 3 is 1.82 bits per heavy atom. The van der Waals surface area contributed by atoms with E-state index in [0.717, 1.165) is 50.2 Å².